The number of nitrogens with zero attached hydrogens (tertiary/aromatic N) is 2. The topological polar surface area (TPSA) is 61.0 Å². The zero-order valence-corrected chi connectivity index (χ0v) is 11.2. The van der Waals surface area contributed by atoms with Crippen LogP contribution in [-0.4, -0.2) is 46.7 Å². The SMILES string of the molecule is CCCN(C(=O)c1cc(CC)[nH]n1)C1CCNC1. The molecule has 0 aliphatic carbocycles. The Morgan fingerprint density at radius 2 is 2.39 bits per heavy atom. The molecule has 1 saturated heterocycles. The fourth-order valence-corrected chi connectivity index (χ4v) is 2.40. The minimum atomic E-state index is 0.0569. The highest BCUT2D eigenvalue weighted by atomic mass is 16.2. The molecule has 1 aliphatic rings. The number of rotatable bonds is 5. The van der Waals surface area contributed by atoms with Gasteiger partial charge in [0.1, 0.15) is 5.69 Å². The molecule has 0 bridgehead atoms. The van der Waals surface area contributed by atoms with Gasteiger partial charge in [-0.2, -0.15) is 5.10 Å². The molecule has 1 aliphatic heterocycles. The Hall–Kier alpha value is -1.36. The highest BCUT2D eigenvalue weighted by molar-refractivity contribution is 5.92. The van der Waals surface area contributed by atoms with E-state index >= 15 is 0 Å². The number of nitrogens with one attached hydrogen (secondary N) is 2. The third-order valence-electron chi connectivity index (χ3n) is 3.43. The first kappa shape index (κ1) is 13.1. The molecule has 1 amide bonds. The average Bonchev–Trinajstić information content (AvgIpc) is 3.05. The molecule has 0 radical (unpaired) electrons. The molecule has 2 heterocycles. The van der Waals surface area contributed by atoms with Crippen LogP contribution in [-0.2, 0) is 6.42 Å². The zero-order valence-electron chi connectivity index (χ0n) is 11.2. The zero-order chi connectivity index (χ0) is 13.0. The molecule has 1 atom stereocenters. The van der Waals surface area contributed by atoms with E-state index in [1.807, 2.05) is 17.9 Å². The van der Waals surface area contributed by atoms with E-state index in [0.717, 1.165) is 44.6 Å². The van der Waals surface area contributed by atoms with Gasteiger partial charge in [0.05, 0.1) is 0 Å². The first-order valence-electron chi connectivity index (χ1n) is 6.82. The van der Waals surface area contributed by atoms with E-state index in [-0.39, 0.29) is 5.91 Å². The van der Waals surface area contributed by atoms with Crippen LogP contribution in [0, 0.1) is 0 Å². The van der Waals surface area contributed by atoms with Gasteiger partial charge in [-0.1, -0.05) is 13.8 Å². The number of aryl methyl sites for hydroxylation is 1. The first-order chi connectivity index (χ1) is 8.76. The summed E-state index contributed by atoms with van der Waals surface area (Å²) in [7, 11) is 0. The maximum atomic E-state index is 12.5. The Morgan fingerprint density at radius 3 is 2.94 bits per heavy atom. The third-order valence-corrected chi connectivity index (χ3v) is 3.43. The second-order valence-electron chi connectivity index (χ2n) is 4.78. The molecule has 1 aromatic heterocycles. The lowest BCUT2D eigenvalue weighted by Gasteiger charge is -2.27. The number of carbonyl (C=O) groups excluding carboxylic acids is 1. The van der Waals surface area contributed by atoms with Crippen molar-refractivity contribution in [1.29, 1.82) is 0 Å². The summed E-state index contributed by atoms with van der Waals surface area (Å²) in [4.78, 5) is 14.4. The maximum Gasteiger partial charge on any atom is 0.274 e. The molecule has 2 N–H and O–H groups in total. The average molecular weight is 250 g/mol. The fourth-order valence-electron chi connectivity index (χ4n) is 2.40. The Bertz CT molecular complexity index is 395. The summed E-state index contributed by atoms with van der Waals surface area (Å²) < 4.78 is 0. The Kier molecular flexibility index (Phi) is 4.36. The Balaban J connectivity index is 2.11. The molecule has 0 spiro atoms. The van der Waals surface area contributed by atoms with E-state index in [2.05, 4.69) is 22.4 Å². The van der Waals surface area contributed by atoms with Gasteiger partial charge in [-0.3, -0.25) is 9.89 Å². The number of H-pyrrole nitrogens is 1. The maximum absolute atomic E-state index is 12.5. The standard InChI is InChI=1S/C13H22N4O/c1-3-7-17(11-5-6-14-9-11)13(18)12-8-10(4-2)15-16-12/h8,11,14H,3-7,9H2,1-2H3,(H,15,16). The van der Waals surface area contributed by atoms with E-state index in [1.165, 1.54) is 0 Å². The molecule has 1 fully saturated rings. The first-order valence-corrected chi connectivity index (χ1v) is 6.82. The van der Waals surface area contributed by atoms with E-state index in [0.29, 0.717) is 11.7 Å². The molecule has 5 nitrogen and oxygen atoms in total. The van der Waals surface area contributed by atoms with Gasteiger partial charge >= 0.3 is 0 Å². The van der Waals surface area contributed by atoms with Crippen LogP contribution in [0.15, 0.2) is 6.07 Å². The van der Waals surface area contributed by atoms with Crippen molar-refractivity contribution in [3.05, 3.63) is 17.5 Å². The van der Waals surface area contributed by atoms with Crippen LogP contribution in [0.5, 0.6) is 0 Å². The summed E-state index contributed by atoms with van der Waals surface area (Å²) in [5, 5.41) is 10.3. The lowest BCUT2D eigenvalue weighted by Crippen LogP contribution is -2.42. The van der Waals surface area contributed by atoms with Gasteiger partial charge in [0.15, 0.2) is 0 Å². The second kappa shape index (κ2) is 6.00. The lowest BCUT2D eigenvalue weighted by atomic mass is 10.2. The van der Waals surface area contributed by atoms with Gasteiger partial charge < -0.3 is 10.2 Å². The summed E-state index contributed by atoms with van der Waals surface area (Å²) >= 11 is 0. The number of aromatic amines is 1. The Labute approximate surface area is 108 Å². The molecule has 100 valence electrons. The van der Waals surface area contributed by atoms with Crippen molar-refractivity contribution in [3.63, 3.8) is 0 Å². The third kappa shape index (κ3) is 2.72. The van der Waals surface area contributed by atoms with Crippen LogP contribution in [0.25, 0.3) is 0 Å². The highest BCUT2D eigenvalue weighted by Gasteiger charge is 2.27. The van der Waals surface area contributed by atoms with Gasteiger partial charge in [-0.15, -0.1) is 0 Å². The van der Waals surface area contributed by atoms with Gasteiger partial charge in [-0.25, -0.2) is 0 Å². The normalized spacial score (nSPS) is 19.1. The van der Waals surface area contributed by atoms with Crippen molar-refractivity contribution in [2.24, 2.45) is 0 Å². The van der Waals surface area contributed by atoms with E-state index in [1.54, 1.807) is 0 Å². The molecule has 0 saturated carbocycles. The van der Waals surface area contributed by atoms with E-state index in [9.17, 15) is 4.79 Å². The number of hydrogen-bond acceptors (Lipinski definition) is 3. The fraction of sp³-hybridized carbons (Fsp3) is 0.692. The lowest BCUT2D eigenvalue weighted by molar-refractivity contribution is 0.0686. The van der Waals surface area contributed by atoms with Crippen molar-refractivity contribution in [1.82, 2.24) is 20.4 Å². The number of hydrogen-bond donors (Lipinski definition) is 2. The summed E-state index contributed by atoms with van der Waals surface area (Å²) in [6.07, 6.45) is 2.89. The van der Waals surface area contributed by atoms with Crippen molar-refractivity contribution in [3.8, 4) is 0 Å². The van der Waals surface area contributed by atoms with Gasteiger partial charge in [0, 0.05) is 24.8 Å². The monoisotopic (exact) mass is 250 g/mol. The predicted molar refractivity (Wildman–Crippen MR) is 70.6 cm³/mol. The summed E-state index contributed by atoms with van der Waals surface area (Å²) in [5.74, 6) is 0.0569. The predicted octanol–water partition coefficient (Wildman–Crippen LogP) is 1.19. The van der Waals surface area contributed by atoms with Crippen LogP contribution >= 0.6 is 0 Å². The second-order valence-corrected chi connectivity index (χ2v) is 4.78. The van der Waals surface area contributed by atoms with Crippen LogP contribution in [0.4, 0.5) is 0 Å². The van der Waals surface area contributed by atoms with Gasteiger partial charge in [0.25, 0.3) is 5.91 Å². The van der Waals surface area contributed by atoms with Crippen molar-refractivity contribution in [2.75, 3.05) is 19.6 Å². The smallest absolute Gasteiger partial charge is 0.274 e. The molecule has 18 heavy (non-hydrogen) atoms. The van der Waals surface area contributed by atoms with E-state index in [4.69, 9.17) is 0 Å². The molecule has 1 unspecified atom stereocenters. The van der Waals surface area contributed by atoms with E-state index < -0.39 is 0 Å². The molecular formula is C13H22N4O. The van der Waals surface area contributed by atoms with Gasteiger partial charge in [0.2, 0.25) is 0 Å². The number of aromatic nitrogens is 2. The minimum absolute atomic E-state index is 0.0569. The summed E-state index contributed by atoms with van der Waals surface area (Å²) in [6.45, 7) is 6.85. The van der Waals surface area contributed by atoms with Crippen molar-refractivity contribution < 1.29 is 4.79 Å². The number of amides is 1. The van der Waals surface area contributed by atoms with Crippen LogP contribution in [0.2, 0.25) is 0 Å². The summed E-state index contributed by atoms with van der Waals surface area (Å²) in [6, 6.07) is 2.19. The van der Waals surface area contributed by atoms with Crippen molar-refractivity contribution in [2.45, 2.75) is 39.2 Å². The molecule has 5 heteroatoms. The molecule has 2 rings (SSSR count). The summed E-state index contributed by atoms with van der Waals surface area (Å²) in [5.41, 5.74) is 1.56. The van der Waals surface area contributed by atoms with Gasteiger partial charge in [-0.05, 0) is 31.9 Å². The minimum Gasteiger partial charge on any atom is -0.333 e. The van der Waals surface area contributed by atoms with Crippen LogP contribution < -0.4 is 5.32 Å². The number of carbonyl (C=O) groups is 1. The van der Waals surface area contributed by atoms with Crippen LogP contribution in [0.3, 0.4) is 0 Å². The quantitative estimate of drug-likeness (QED) is 0.825. The van der Waals surface area contributed by atoms with Crippen molar-refractivity contribution >= 4 is 5.91 Å². The van der Waals surface area contributed by atoms with Crippen LogP contribution in [0.1, 0.15) is 42.9 Å². The molecule has 1 aromatic rings. The molecular weight excluding hydrogens is 228 g/mol. The Morgan fingerprint density at radius 1 is 1.56 bits per heavy atom. The molecule has 0 aromatic carbocycles. The largest absolute Gasteiger partial charge is 0.333 e. The highest BCUT2D eigenvalue weighted by Crippen LogP contribution is 2.13.